The minimum Gasteiger partial charge on any atom is -0.494 e. The zero-order valence-corrected chi connectivity index (χ0v) is 18.8. The molecule has 0 unspecified atom stereocenters. The van der Waals surface area contributed by atoms with Crippen LogP contribution in [0, 0.1) is 6.92 Å². The van der Waals surface area contributed by atoms with Gasteiger partial charge in [0.1, 0.15) is 17.0 Å². The summed E-state index contributed by atoms with van der Waals surface area (Å²) in [5.41, 5.74) is 2.56. The zero-order valence-electron chi connectivity index (χ0n) is 18.0. The Hall–Kier alpha value is -3.79. The maximum Gasteiger partial charge on any atom is 0.320 e. The molecule has 0 N–H and O–H groups in total. The molecule has 4 aromatic rings. The molecule has 0 fully saturated rings. The summed E-state index contributed by atoms with van der Waals surface area (Å²) in [5, 5.41) is 0.500. The van der Waals surface area contributed by atoms with Gasteiger partial charge in [0.2, 0.25) is 5.88 Å². The van der Waals surface area contributed by atoms with E-state index in [-0.39, 0.29) is 30.0 Å². The fraction of sp³-hybridized carbons (Fsp3) is 0.227. The summed E-state index contributed by atoms with van der Waals surface area (Å²) in [4.78, 5) is 32.6. The number of hydrogen-bond acceptors (Lipinski definition) is 9. The lowest BCUT2D eigenvalue weighted by Crippen LogP contribution is -2.31. The van der Waals surface area contributed by atoms with Gasteiger partial charge < -0.3 is 14.2 Å². The maximum absolute atomic E-state index is 13.6. The molecule has 0 radical (unpaired) electrons. The molecule has 1 amide bonds. The third kappa shape index (κ3) is 4.17. The second-order valence-electron chi connectivity index (χ2n) is 6.75. The second-order valence-corrected chi connectivity index (χ2v) is 7.73. The molecule has 32 heavy (non-hydrogen) atoms. The predicted octanol–water partition coefficient (Wildman–Crippen LogP) is 3.66. The molecule has 10 heteroatoms. The van der Waals surface area contributed by atoms with Gasteiger partial charge in [-0.2, -0.15) is 9.97 Å². The first-order chi connectivity index (χ1) is 15.5. The molecule has 0 spiro atoms. The summed E-state index contributed by atoms with van der Waals surface area (Å²) < 4.78 is 16.7. The quantitative estimate of drug-likeness (QED) is 0.420. The first kappa shape index (κ1) is 21.4. The molecule has 0 aliphatic heterocycles. The van der Waals surface area contributed by atoms with E-state index in [0.717, 1.165) is 10.3 Å². The van der Waals surface area contributed by atoms with Crippen LogP contribution >= 0.6 is 11.3 Å². The van der Waals surface area contributed by atoms with Crippen molar-refractivity contribution >= 4 is 32.6 Å². The normalized spacial score (nSPS) is 10.8. The van der Waals surface area contributed by atoms with E-state index in [1.807, 2.05) is 37.3 Å². The van der Waals surface area contributed by atoms with Gasteiger partial charge in [-0.25, -0.2) is 4.98 Å². The average molecular weight is 452 g/mol. The zero-order chi connectivity index (χ0) is 22.7. The lowest BCUT2D eigenvalue weighted by Gasteiger charge is -2.19. The number of amides is 1. The average Bonchev–Trinajstić information content (AvgIpc) is 3.29. The van der Waals surface area contributed by atoms with Gasteiger partial charge in [-0.1, -0.05) is 23.5 Å². The highest BCUT2D eigenvalue weighted by Gasteiger charge is 2.26. The van der Waals surface area contributed by atoms with Crippen LogP contribution in [0.25, 0.3) is 10.2 Å². The Kier molecular flexibility index (Phi) is 6.13. The van der Waals surface area contributed by atoms with E-state index < -0.39 is 0 Å². The number of benzene rings is 1. The van der Waals surface area contributed by atoms with Crippen LogP contribution in [0.1, 0.15) is 21.7 Å². The SMILES string of the molecule is COc1cc(C(=O)N(Cc2ccccn2)c2nc3c(OC)ccc(C)c3s2)nc(OC)n1. The highest BCUT2D eigenvalue weighted by molar-refractivity contribution is 7.22. The number of aromatic nitrogens is 4. The number of ether oxygens (including phenoxy) is 3. The molecule has 0 aliphatic rings. The summed E-state index contributed by atoms with van der Waals surface area (Å²) in [5.74, 6) is 0.480. The lowest BCUT2D eigenvalue weighted by atomic mass is 10.2. The van der Waals surface area contributed by atoms with Gasteiger partial charge >= 0.3 is 6.01 Å². The Balaban J connectivity index is 1.84. The Labute approximate surface area is 188 Å². The van der Waals surface area contributed by atoms with Crippen molar-refractivity contribution in [2.45, 2.75) is 13.5 Å². The van der Waals surface area contributed by atoms with E-state index in [1.165, 1.54) is 36.5 Å². The van der Waals surface area contributed by atoms with Crippen molar-refractivity contribution < 1.29 is 19.0 Å². The van der Waals surface area contributed by atoms with Crippen molar-refractivity contribution in [1.29, 1.82) is 0 Å². The van der Waals surface area contributed by atoms with Crippen LogP contribution < -0.4 is 19.1 Å². The lowest BCUT2D eigenvalue weighted by molar-refractivity contribution is 0.0978. The first-order valence-corrected chi connectivity index (χ1v) is 10.5. The molecule has 0 bridgehead atoms. The van der Waals surface area contributed by atoms with E-state index in [4.69, 9.17) is 19.2 Å². The van der Waals surface area contributed by atoms with Crippen molar-refractivity contribution in [3.05, 3.63) is 59.5 Å². The van der Waals surface area contributed by atoms with Crippen LogP contribution in [0.3, 0.4) is 0 Å². The minimum absolute atomic E-state index is 0.0345. The van der Waals surface area contributed by atoms with E-state index >= 15 is 0 Å². The predicted molar refractivity (Wildman–Crippen MR) is 121 cm³/mol. The number of pyridine rings is 1. The van der Waals surface area contributed by atoms with E-state index in [9.17, 15) is 4.79 Å². The molecular weight excluding hydrogens is 430 g/mol. The molecule has 3 aromatic heterocycles. The van der Waals surface area contributed by atoms with Crippen LogP contribution in [0.15, 0.2) is 42.6 Å². The van der Waals surface area contributed by atoms with E-state index in [1.54, 1.807) is 13.3 Å². The number of aryl methyl sites for hydroxylation is 1. The number of hydrogen-bond donors (Lipinski definition) is 0. The molecule has 4 rings (SSSR count). The molecule has 0 aliphatic carbocycles. The van der Waals surface area contributed by atoms with E-state index in [0.29, 0.717) is 22.1 Å². The van der Waals surface area contributed by atoms with Crippen molar-refractivity contribution in [3.63, 3.8) is 0 Å². The molecule has 0 saturated carbocycles. The molecule has 0 saturated heterocycles. The van der Waals surface area contributed by atoms with Crippen LogP contribution in [0.4, 0.5) is 5.13 Å². The summed E-state index contributed by atoms with van der Waals surface area (Å²) in [7, 11) is 4.49. The second kappa shape index (κ2) is 9.15. The first-order valence-electron chi connectivity index (χ1n) is 9.67. The van der Waals surface area contributed by atoms with Crippen LogP contribution in [0.5, 0.6) is 17.6 Å². The standard InChI is InChI=1S/C22H21N5O4S/c1-13-8-9-16(29-2)18-19(13)32-22(26-18)27(12-14-7-5-6-10-23-14)20(28)15-11-17(30-3)25-21(24-15)31-4/h5-11H,12H2,1-4H3. The number of carbonyl (C=O) groups is 1. The molecule has 9 nitrogen and oxygen atoms in total. The molecular formula is C22H21N5O4S. The number of thiazole rings is 1. The number of anilines is 1. The fourth-order valence-electron chi connectivity index (χ4n) is 3.11. The van der Waals surface area contributed by atoms with Crippen LogP contribution in [-0.4, -0.2) is 47.2 Å². The Morgan fingerprint density at radius 3 is 2.56 bits per heavy atom. The number of methoxy groups -OCH3 is 3. The summed E-state index contributed by atoms with van der Waals surface area (Å²) in [6, 6.07) is 10.9. The molecule has 164 valence electrons. The smallest absolute Gasteiger partial charge is 0.320 e. The van der Waals surface area contributed by atoms with Crippen molar-refractivity contribution in [2.75, 3.05) is 26.2 Å². The molecule has 0 atom stereocenters. The third-order valence-electron chi connectivity index (χ3n) is 4.73. The number of carbonyl (C=O) groups excluding carboxylic acids is 1. The Morgan fingerprint density at radius 1 is 1.03 bits per heavy atom. The van der Waals surface area contributed by atoms with Gasteiger partial charge in [0.25, 0.3) is 5.91 Å². The van der Waals surface area contributed by atoms with E-state index in [2.05, 4.69) is 15.0 Å². The van der Waals surface area contributed by atoms with Gasteiger partial charge in [-0.3, -0.25) is 14.7 Å². The number of nitrogens with zero attached hydrogens (tertiary/aromatic N) is 5. The van der Waals surface area contributed by atoms with Crippen LogP contribution in [-0.2, 0) is 6.54 Å². The van der Waals surface area contributed by atoms with Crippen molar-refractivity contribution in [3.8, 4) is 17.6 Å². The Bertz CT molecular complexity index is 1240. The summed E-state index contributed by atoms with van der Waals surface area (Å²) >= 11 is 1.40. The maximum atomic E-state index is 13.6. The van der Waals surface area contributed by atoms with Crippen molar-refractivity contribution in [2.24, 2.45) is 0 Å². The Morgan fingerprint density at radius 2 is 1.88 bits per heavy atom. The molecule has 1 aromatic carbocycles. The highest BCUT2D eigenvalue weighted by atomic mass is 32.1. The summed E-state index contributed by atoms with van der Waals surface area (Å²) in [6.45, 7) is 2.20. The molecule has 3 heterocycles. The van der Waals surface area contributed by atoms with Gasteiger partial charge in [-0.05, 0) is 30.7 Å². The van der Waals surface area contributed by atoms with Gasteiger partial charge in [0.05, 0.1) is 38.3 Å². The third-order valence-corrected chi connectivity index (χ3v) is 5.94. The monoisotopic (exact) mass is 451 g/mol. The van der Waals surface area contributed by atoms with Gasteiger partial charge in [-0.15, -0.1) is 0 Å². The number of rotatable bonds is 7. The summed E-state index contributed by atoms with van der Waals surface area (Å²) in [6.07, 6.45) is 1.68. The minimum atomic E-state index is -0.384. The van der Waals surface area contributed by atoms with Crippen LogP contribution in [0.2, 0.25) is 0 Å². The van der Waals surface area contributed by atoms with Gasteiger partial charge in [0, 0.05) is 12.3 Å². The largest absolute Gasteiger partial charge is 0.494 e. The highest BCUT2D eigenvalue weighted by Crippen LogP contribution is 2.37. The van der Waals surface area contributed by atoms with Crippen molar-refractivity contribution in [1.82, 2.24) is 19.9 Å². The topological polar surface area (TPSA) is 99.6 Å². The number of fused-ring (bicyclic) bond motifs is 1. The van der Waals surface area contributed by atoms with Gasteiger partial charge in [0.15, 0.2) is 5.13 Å². The fourth-order valence-corrected chi connectivity index (χ4v) is 4.16.